The van der Waals surface area contributed by atoms with Crippen molar-refractivity contribution >= 4 is 0 Å². The lowest BCUT2D eigenvalue weighted by atomic mass is 10.1. The Bertz CT molecular complexity index is 380. The zero-order chi connectivity index (χ0) is 11.8. The van der Waals surface area contributed by atoms with Crippen LogP contribution < -0.4 is 4.74 Å². The lowest BCUT2D eigenvalue weighted by Gasteiger charge is -2.12. The third-order valence-corrected chi connectivity index (χ3v) is 2.53. The lowest BCUT2D eigenvalue weighted by Crippen LogP contribution is -2.07. The molecule has 0 saturated heterocycles. The average Bonchev–Trinajstić information content (AvgIpc) is 3.00. The molecular formula is C12H13F3O. The van der Waals surface area contributed by atoms with Gasteiger partial charge in [0.15, 0.2) is 0 Å². The molecule has 1 nitrogen and oxygen atoms in total. The second-order valence-corrected chi connectivity index (χ2v) is 4.03. The monoisotopic (exact) mass is 230 g/mol. The van der Waals surface area contributed by atoms with Crippen molar-refractivity contribution in [2.75, 3.05) is 0 Å². The molecule has 0 unspecified atom stereocenters. The zero-order valence-corrected chi connectivity index (χ0v) is 8.97. The van der Waals surface area contributed by atoms with Crippen molar-refractivity contribution < 1.29 is 17.9 Å². The Labute approximate surface area is 92.2 Å². The Balaban J connectivity index is 2.29. The lowest BCUT2D eigenvalue weighted by molar-refractivity contribution is -0.137. The third-order valence-electron chi connectivity index (χ3n) is 2.53. The van der Waals surface area contributed by atoms with Crippen molar-refractivity contribution in [3.8, 4) is 5.75 Å². The van der Waals surface area contributed by atoms with Crippen LogP contribution >= 0.6 is 0 Å². The summed E-state index contributed by atoms with van der Waals surface area (Å²) < 4.78 is 43.1. The summed E-state index contributed by atoms with van der Waals surface area (Å²) in [4.78, 5) is 0. The molecule has 0 aliphatic heterocycles. The second-order valence-electron chi connectivity index (χ2n) is 4.03. The van der Waals surface area contributed by atoms with Crippen molar-refractivity contribution in [2.24, 2.45) is 0 Å². The van der Waals surface area contributed by atoms with Gasteiger partial charge in [0.2, 0.25) is 0 Å². The first-order valence-corrected chi connectivity index (χ1v) is 5.37. The molecule has 1 fully saturated rings. The highest BCUT2D eigenvalue weighted by Gasteiger charge is 2.32. The topological polar surface area (TPSA) is 9.23 Å². The number of aryl methyl sites for hydroxylation is 1. The number of halogens is 3. The van der Waals surface area contributed by atoms with E-state index in [1.54, 1.807) is 6.07 Å². The van der Waals surface area contributed by atoms with Crippen molar-refractivity contribution in [1.82, 2.24) is 0 Å². The quantitative estimate of drug-likeness (QED) is 0.767. The molecule has 0 N–H and O–H groups in total. The Morgan fingerprint density at radius 2 is 1.94 bits per heavy atom. The first-order valence-electron chi connectivity index (χ1n) is 5.37. The number of rotatable bonds is 3. The van der Waals surface area contributed by atoms with Crippen molar-refractivity contribution in [2.45, 2.75) is 38.5 Å². The number of benzene rings is 1. The van der Waals surface area contributed by atoms with Crippen LogP contribution in [-0.2, 0) is 12.6 Å². The van der Waals surface area contributed by atoms with Crippen LogP contribution in [0, 0.1) is 0 Å². The predicted molar refractivity (Wildman–Crippen MR) is 54.5 cm³/mol. The maximum atomic E-state index is 12.6. The second kappa shape index (κ2) is 4.00. The highest BCUT2D eigenvalue weighted by atomic mass is 19.4. The molecule has 1 aliphatic carbocycles. The van der Waals surface area contributed by atoms with E-state index in [0.717, 1.165) is 18.9 Å². The molecule has 4 heteroatoms. The summed E-state index contributed by atoms with van der Waals surface area (Å²) in [7, 11) is 0. The zero-order valence-electron chi connectivity index (χ0n) is 8.97. The summed E-state index contributed by atoms with van der Waals surface area (Å²) in [5, 5.41) is 0. The standard InChI is InChI=1S/C12H13F3O/c1-2-8-5-9(12(13,14)15)7-11(6-8)16-10-3-4-10/h5-7,10H,2-4H2,1H3. The fourth-order valence-electron chi connectivity index (χ4n) is 1.47. The van der Waals surface area contributed by atoms with Gasteiger partial charge in [0.25, 0.3) is 0 Å². The highest BCUT2D eigenvalue weighted by Crippen LogP contribution is 2.34. The number of ether oxygens (including phenoxy) is 1. The van der Waals surface area contributed by atoms with Crippen LogP contribution in [0.3, 0.4) is 0 Å². The van der Waals surface area contributed by atoms with Crippen LogP contribution in [0.5, 0.6) is 5.75 Å². The molecular weight excluding hydrogens is 217 g/mol. The smallest absolute Gasteiger partial charge is 0.416 e. The molecule has 0 spiro atoms. The maximum Gasteiger partial charge on any atom is 0.416 e. The van der Waals surface area contributed by atoms with Gasteiger partial charge in [-0.25, -0.2) is 0 Å². The van der Waals surface area contributed by atoms with Gasteiger partial charge in [0, 0.05) is 0 Å². The van der Waals surface area contributed by atoms with Gasteiger partial charge in [-0.2, -0.15) is 13.2 Å². The summed E-state index contributed by atoms with van der Waals surface area (Å²) in [6.45, 7) is 1.83. The van der Waals surface area contributed by atoms with Gasteiger partial charge in [0.05, 0.1) is 11.7 Å². The Kier molecular flexibility index (Phi) is 2.82. The van der Waals surface area contributed by atoms with E-state index in [-0.39, 0.29) is 6.10 Å². The first-order chi connectivity index (χ1) is 7.49. The molecule has 1 aromatic carbocycles. The van der Waals surface area contributed by atoms with Crippen molar-refractivity contribution in [3.05, 3.63) is 29.3 Å². The summed E-state index contributed by atoms with van der Waals surface area (Å²) >= 11 is 0. The van der Waals surface area contributed by atoms with E-state index in [0.29, 0.717) is 17.7 Å². The Morgan fingerprint density at radius 1 is 1.25 bits per heavy atom. The van der Waals surface area contributed by atoms with Crippen LogP contribution in [0.1, 0.15) is 30.9 Å². The van der Waals surface area contributed by atoms with Crippen LogP contribution in [-0.4, -0.2) is 6.10 Å². The Morgan fingerprint density at radius 3 is 2.44 bits per heavy atom. The van der Waals surface area contributed by atoms with Gasteiger partial charge < -0.3 is 4.74 Å². The van der Waals surface area contributed by atoms with Gasteiger partial charge >= 0.3 is 6.18 Å². The van der Waals surface area contributed by atoms with Gasteiger partial charge in [-0.3, -0.25) is 0 Å². The summed E-state index contributed by atoms with van der Waals surface area (Å²) in [6.07, 6.45) is -1.72. The molecule has 0 aromatic heterocycles. The maximum absolute atomic E-state index is 12.6. The molecule has 2 rings (SSSR count). The highest BCUT2D eigenvalue weighted by molar-refractivity contribution is 5.36. The average molecular weight is 230 g/mol. The van der Waals surface area contributed by atoms with Gasteiger partial charge in [-0.1, -0.05) is 6.92 Å². The van der Waals surface area contributed by atoms with Crippen LogP contribution in [0.4, 0.5) is 13.2 Å². The molecule has 0 radical (unpaired) electrons. The van der Waals surface area contributed by atoms with E-state index >= 15 is 0 Å². The molecule has 0 amide bonds. The Hall–Kier alpha value is -1.19. The van der Waals surface area contributed by atoms with E-state index < -0.39 is 11.7 Å². The largest absolute Gasteiger partial charge is 0.490 e. The van der Waals surface area contributed by atoms with Crippen molar-refractivity contribution in [1.29, 1.82) is 0 Å². The molecule has 16 heavy (non-hydrogen) atoms. The third kappa shape index (κ3) is 2.68. The number of alkyl halides is 3. The molecule has 0 bridgehead atoms. The van der Waals surface area contributed by atoms with Crippen LogP contribution in [0.2, 0.25) is 0 Å². The summed E-state index contributed by atoms with van der Waals surface area (Å²) in [5.74, 6) is 0.342. The molecule has 88 valence electrons. The van der Waals surface area contributed by atoms with Crippen molar-refractivity contribution in [3.63, 3.8) is 0 Å². The molecule has 0 heterocycles. The minimum Gasteiger partial charge on any atom is -0.490 e. The molecule has 1 saturated carbocycles. The predicted octanol–water partition coefficient (Wildman–Crippen LogP) is 3.81. The summed E-state index contributed by atoms with van der Waals surface area (Å²) in [6, 6.07) is 3.95. The number of hydrogen-bond acceptors (Lipinski definition) is 1. The van der Waals surface area contributed by atoms with Crippen LogP contribution in [0.15, 0.2) is 18.2 Å². The molecule has 1 aromatic rings. The fraction of sp³-hybridized carbons (Fsp3) is 0.500. The normalized spacial score (nSPS) is 16.2. The minimum atomic E-state index is -4.30. The fourth-order valence-corrected chi connectivity index (χ4v) is 1.47. The summed E-state index contributed by atoms with van der Waals surface area (Å²) in [5.41, 5.74) is 0.0352. The van der Waals surface area contributed by atoms with E-state index in [1.807, 2.05) is 6.92 Å². The molecule has 1 aliphatic rings. The van der Waals surface area contributed by atoms with Gasteiger partial charge in [-0.05, 0) is 43.0 Å². The van der Waals surface area contributed by atoms with Gasteiger partial charge in [0.1, 0.15) is 5.75 Å². The van der Waals surface area contributed by atoms with E-state index in [1.165, 1.54) is 6.07 Å². The van der Waals surface area contributed by atoms with E-state index in [9.17, 15) is 13.2 Å². The van der Waals surface area contributed by atoms with E-state index in [4.69, 9.17) is 4.74 Å². The SMILES string of the molecule is CCc1cc(OC2CC2)cc(C(F)(F)F)c1. The number of hydrogen-bond donors (Lipinski definition) is 0. The molecule has 0 atom stereocenters. The van der Waals surface area contributed by atoms with Crippen LogP contribution in [0.25, 0.3) is 0 Å². The minimum absolute atomic E-state index is 0.119. The van der Waals surface area contributed by atoms with Gasteiger partial charge in [-0.15, -0.1) is 0 Å². The first kappa shape index (κ1) is 11.3. The van der Waals surface area contributed by atoms with E-state index in [2.05, 4.69) is 0 Å².